The van der Waals surface area contributed by atoms with Crippen molar-refractivity contribution in [2.75, 3.05) is 39.8 Å². The topological polar surface area (TPSA) is 63.5 Å². The van der Waals surface area contributed by atoms with Gasteiger partial charge < -0.3 is 4.90 Å². The van der Waals surface area contributed by atoms with Crippen molar-refractivity contribution in [3.05, 3.63) is 30.1 Å². The van der Waals surface area contributed by atoms with E-state index in [1.54, 1.807) is 6.20 Å². The molecule has 0 N–H and O–H groups in total. The summed E-state index contributed by atoms with van der Waals surface area (Å²) < 4.78 is 0. The van der Waals surface area contributed by atoms with Gasteiger partial charge in [0.05, 0.1) is 12.6 Å². The van der Waals surface area contributed by atoms with Crippen molar-refractivity contribution < 1.29 is 4.79 Å². The van der Waals surface area contributed by atoms with Crippen LogP contribution >= 0.6 is 0 Å². The minimum atomic E-state index is -0.0597. The number of amides is 1. The SMILES string of the molecule is CC(C)[C@@H](C#N)N1CCN(C(=O)CN(C)Cc2cccnc2)CC1. The number of carbonyl (C=O) groups is 1. The number of aromatic nitrogens is 1. The van der Waals surface area contributed by atoms with Gasteiger partial charge in [-0.15, -0.1) is 0 Å². The zero-order chi connectivity index (χ0) is 17.5. The summed E-state index contributed by atoms with van der Waals surface area (Å²) in [5.74, 6) is 0.460. The van der Waals surface area contributed by atoms with Gasteiger partial charge in [-0.1, -0.05) is 19.9 Å². The van der Waals surface area contributed by atoms with Crippen molar-refractivity contribution in [3.8, 4) is 6.07 Å². The first-order chi connectivity index (χ1) is 11.5. The Bertz CT molecular complexity index is 561. The van der Waals surface area contributed by atoms with E-state index in [2.05, 4.69) is 29.8 Å². The Morgan fingerprint density at radius 1 is 1.38 bits per heavy atom. The van der Waals surface area contributed by atoms with Gasteiger partial charge in [0.15, 0.2) is 0 Å². The number of hydrogen-bond donors (Lipinski definition) is 0. The van der Waals surface area contributed by atoms with E-state index < -0.39 is 0 Å². The Morgan fingerprint density at radius 2 is 2.08 bits per heavy atom. The Morgan fingerprint density at radius 3 is 2.62 bits per heavy atom. The molecule has 1 aliphatic heterocycles. The van der Waals surface area contributed by atoms with E-state index in [0.29, 0.717) is 32.1 Å². The molecule has 1 amide bonds. The second-order valence-electron chi connectivity index (χ2n) is 6.77. The van der Waals surface area contributed by atoms with Crippen LogP contribution in [0.4, 0.5) is 0 Å². The Balaban J connectivity index is 1.79. The Labute approximate surface area is 144 Å². The van der Waals surface area contributed by atoms with Crippen LogP contribution in [0.15, 0.2) is 24.5 Å². The van der Waals surface area contributed by atoms with E-state index in [1.165, 1.54) is 0 Å². The van der Waals surface area contributed by atoms with Crippen LogP contribution in [0.1, 0.15) is 19.4 Å². The standard InChI is InChI=1S/C18H27N5O/c1-15(2)17(11-19)22-7-9-23(10-8-22)18(24)14-21(3)13-16-5-4-6-20-12-16/h4-6,12,15,17H,7-10,13-14H2,1-3H3/t17-/m1/s1. The molecule has 0 unspecified atom stereocenters. The molecule has 6 heteroatoms. The van der Waals surface area contributed by atoms with Gasteiger partial charge in [-0.05, 0) is 24.6 Å². The highest BCUT2D eigenvalue weighted by Crippen LogP contribution is 2.13. The van der Waals surface area contributed by atoms with Gasteiger partial charge in [-0.3, -0.25) is 19.6 Å². The monoisotopic (exact) mass is 329 g/mol. The molecule has 6 nitrogen and oxygen atoms in total. The zero-order valence-electron chi connectivity index (χ0n) is 14.9. The quantitative estimate of drug-likeness (QED) is 0.785. The van der Waals surface area contributed by atoms with Crippen LogP contribution in [0.5, 0.6) is 0 Å². The van der Waals surface area contributed by atoms with Crippen molar-refractivity contribution >= 4 is 5.91 Å². The van der Waals surface area contributed by atoms with Gasteiger partial charge >= 0.3 is 0 Å². The Hall–Kier alpha value is -1.97. The molecule has 0 bridgehead atoms. The fourth-order valence-electron chi connectivity index (χ4n) is 3.09. The largest absolute Gasteiger partial charge is 0.339 e. The molecule has 0 spiro atoms. The van der Waals surface area contributed by atoms with Crippen molar-refractivity contribution in [2.45, 2.75) is 26.4 Å². The fourth-order valence-corrected chi connectivity index (χ4v) is 3.09. The maximum atomic E-state index is 12.5. The first kappa shape index (κ1) is 18.4. The minimum absolute atomic E-state index is 0.0597. The maximum absolute atomic E-state index is 12.5. The molecule has 0 saturated carbocycles. The number of pyridine rings is 1. The average Bonchev–Trinajstić information content (AvgIpc) is 2.56. The molecule has 1 fully saturated rings. The summed E-state index contributed by atoms with van der Waals surface area (Å²) in [6.07, 6.45) is 3.58. The predicted octanol–water partition coefficient (Wildman–Crippen LogP) is 1.21. The van der Waals surface area contributed by atoms with E-state index in [1.807, 2.05) is 35.2 Å². The lowest BCUT2D eigenvalue weighted by atomic mass is 10.0. The van der Waals surface area contributed by atoms with E-state index in [4.69, 9.17) is 0 Å². The number of nitrogens with zero attached hydrogens (tertiary/aromatic N) is 5. The molecule has 130 valence electrons. The van der Waals surface area contributed by atoms with Gasteiger partial charge in [0.2, 0.25) is 5.91 Å². The Kier molecular flexibility index (Phi) is 6.71. The van der Waals surface area contributed by atoms with Gasteiger partial charge in [-0.25, -0.2) is 0 Å². The lowest BCUT2D eigenvalue weighted by molar-refractivity contribution is -0.134. The van der Waals surface area contributed by atoms with E-state index in [-0.39, 0.29) is 11.9 Å². The molecule has 0 aliphatic carbocycles. The van der Waals surface area contributed by atoms with Gasteiger partial charge in [0, 0.05) is 45.1 Å². The van der Waals surface area contributed by atoms with E-state index in [9.17, 15) is 10.1 Å². The third kappa shape index (κ3) is 5.02. The summed E-state index contributed by atoms with van der Waals surface area (Å²) in [6, 6.07) is 6.25. The van der Waals surface area contributed by atoms with E-state index in [0.717, 1.165) is 18.7 Å². The van der Waals surface area contributed by atoms with E-state index >= 15 is 0 Å². The second-order valence-corrected chi connectivity index (χ2v) is 6.77. The number of likely N-dealkylation sites (N-methyl/N-ethyl adjacent to an activating group) is 1. The van der Waals surface area contributed by atoms with Gasteiger partial charge in [0.1, 0.15) is 6.04 Å². The molecule has 24 heavy (non-hydrogen) atoms. The van der Waals surface area contributed by atoms with Crippen LogP contribution in [-0.4, -0.2) is 71.4 Å². The molecule has 2 rings (SSSR count). The molecule has 2 heterocycles. The first-order valence-electron chi connectivity index (χ1n) is 8.50. The van der Waals surface area contributed by atoms with Crippen LogP contribution < -0.4 is 0 Å². The van der Waals surface area contributed by atoms with Gasteiger partial charge in [-0.2, -0.15) is 5.26 Å². The lowest BCUT2D eigenvalue weighted by Crippen LogP contribution is -2.54. The molecular formula is C18H27N5O. The second kappa shape index (κ2) is 8.76. The van der Waals surface area contributed by atoms with Crippen molar-refractivity contribution in [1.82, 2.24) is 19.7 Å². The molecule has 1 atom stereocenters. The van der Waals surface area contributed by atoms with Crippen LogP contribution in [0.25, 0.3) is 0 Å². The van der Waals surface area contributed by atoms with Crippen molar-refractivity contribution in [3.63, 3.8) is 0 Å². The third-order valence-corrected chi connectivity index (χ3v) is 4.40. The maximum Gasteiger partial charge on any atom is 0.236 e. The summed E-state index contributed by atoms with van der Waals surface area (Å²) in [5.41, 5.74) is 1.10. The summed E-state index contributed by atoms with van der Waals surface area (Å²) in [7, 11) is 1.95. The molecular weight excluding hydrogens is 302 g/mol. The summed E-state index contributed by atoms with van der Waals surface area (Å²) in [6.45, 7) is 8.19. The zero-order valence-corrected chi connectivity index (χ0v) is 14.9. The van der Waals surface area contributed by atoms with Crippen LogP contribution in [0, 0.1) is 17.2 Å². The highest BCUT2D eigenvalue weighted by molar-refractivity contribution is 5.78. The lowest BCUT2D eigenvalue weighted by Gasteiger charge is -2.38. The molecule has 1 saturated heterocycles. The average molecular weight is 329 g/mol. The smallest absolute Gasteiger partial charge is 0.236 e. The number of rotatable bonds is 6. The summed E-state index contributed by atoms with van der Waals surface area (Å²) >= 11 is 0. The minimum Gasteiger partial charge on any atom is -0.339 e. The third-order valence-electron chi connectivity index (χ3n) is 4.40. The highest BCUT2D eigenvalue weighted by atomic mass is 16.2. The molecule has 0 aromatic carbocycles. The van der Waals surface area contributed by atoms with Crippen molar-refractivity contribution in [1.29, 1.82) is 5.26 Å². The number of hydrogen-bond acceptors (Lipinski definition) is 5. The molecule has 1 aromatic rings. The van der Waals surface area contributed by atoms with Crippen LogP contribution in [0.2, 0.25) is 0 Å². The van der Waals surface area contributed by atoms with Crippen molar-refractivity contribution in [2.24, 2.45) is 5.92 Å². The number of carbonyl (C=O) groups excluding carboxylic acids is 1. The van der Waals surface area contributed by atoms with Gasteiger partial charge in [0.25, 0.3) is 0 Å². The normalized spacial score (nSPS) is 17.1. The fraction of sp³-hybridized carbons (Fsp3) is 0.611. The van der Waals surface area contributed by atoms with Crippen LogP contribution in [-0.2, 0) is 11.3 Å². The molecule has 1 aromatic heterocycles. The number of nitriles is 1. The predicted molar refractivity (Wildman–Crippen MR) is 93.0 cm³/mol. The number of piperazine rings is 1. The first-order valence-corrected chi connectivity index (χ1v) is 8.50. The summed E-state index contributed by atoms with van der Waals surface area (Å²) in [5, 5.41) is 9.30. The molecule has 0 radical (unpaired) electrons. The summed E-state index contributed by atoms with van der Waals surface area (Å²) in [4.78, 5) is 22.7. The molecule has 1 aliphatic rings. The van der Waals surface area contributed by atoms with Crippen LogP contribution in [0.3, 0.4) is 0 Å². The highest BCUT2D eigenvalue weighted by Gasteiger charge is 2.27.